The molecule has 2 aromatic rings. The van der Waals surface area contributed by atoms with Crippen LogP contribution in [-0.4, -0.2) is 6.61 Å². The summed E-state index contributed by atoms with van der Waals surface area (Å²) in [4.78, 5) is 0. The second-order valence-electron chi connectivity index (χ2n) is 4.13. The minimum absolute atomic E-state index is 0.418. The number of anilines is 1. The lowest BCUT2D eigenvalue weighted by atomic mass is 10.2. The Kier molecular flexibility index (Phi) is 5.36. The Morgan fingerprint density at radius 1 is 1.19 bits per heavy atom. The molecule has 2 nitrogen and oxygen atoms in total. The highest BCUT2D eigenvalue weighted by Gasteiger charge is 2.10. The third-order valence-corrected chi connectivity index (χ3v) is 3.86. The number of nitrogens with one attached hydrogen (secondary N) is 1. The van der Waals surface area contributed by atoms with Crippen molar-refractivity contribution in [3.05, 3.63) is 57.3 Å². The van der Waals surface area contributed by atoms with Crippen molar-refractivity contribution in [1.82, 2.24) is 0 Å². The molecule has 2 aromatic carbocycles. The Morgan fingerprint density at radius 3 is 2.57 bits per heavy atom. The summed E-state index contributed by atoms with van der Waals surface area (Å²) in [5, 5.41) is 3.54. The maximum atomic E-state index is 13.5. The second kappa shape index (κ2) is 7.04. The van der Waals surface area contributed by atoms with Crippen molar-refractivity contribution in [3.63, 3.8) is 0 Å². The highest BCUT2D eigenvalue weighted by atomic mass is 79.9. The zero-order chi connectivity index (χ0) is 15.4. The van der Waals surface area contributed by atoms with Crippen LogP contribution in [0.3, 0.4) is 0 Å². The molecule has 0 spiro atoms. The fourth-order valence-electron chi connectivity index (χ4n) is 1.66. The maximum Gasteiger partial charge on any atom is 0.387 e. The van der Waals surface area contributed by atoms with Gasteiger partial charge < -0.3 is 10.1 Å². The van der Waals surface area contributed by atoms with Gasteiger partial charge in [-0.15, -0.1) is 0 Å². The Morgan fingerprint density at radius 2 is 1.95 bits per heavy atom. The second-order valence-corrected chi connectivity index (χ2v) is 5.39. The quantitative estimate of drug-likeness (QED) is 0.744. The first-order valence-corrected chi connectivity index (χ1v) is 7.05. The van der Waals surface area contributed by atoms with E-state index in [1.807, 2.05) is 6.07 Å². The molecule has 0 aromatic heterocycles. The summed E-state index contributed by atoms with van der Waals surface area (Å²) in [6, 6.07) is 9.13. The summed E-state index contributed by atoms with van der Waals surface area (Å²) in [5.74, 6) is -1.34. The topological polar surface area (TPSA) is 21.3 Å². The molecule has 0 atom stereocenters. The fourth-order valence-corrected chi connectivity index (χ4v) is 2.11. The van der Waals surface area contributed by atoms with Crippen LogP contribution >= 0.6 is 27.5 Å². The molecule has 0 amide bonds. The summed E-state index contributed by atoms with van der Waals surface area (Å²) >= 11 is 9.25. The Hall–Kier alpha value is -1.40. The third-order valence-electron chi connectivity index (χ3n) is 2.63. The van der Waals surface area contributed by atoms with Gasteiger partial charge >= 0.3 is 6.61 Å². The van der Waals surface area contributed by atoms with Crippen molar-refractivity contribution in [3.8, 4) is 5.75 Å². The maximum absolute atomic E-state index is 13.5. The Balaban J connectivity index is 2.03. The molecular formula is C14H10BrClF3NO. The first kappa shape index (κ1) is 16.0. The zero-order valence-electron chi connectivity index (χ0n) is 10.5. The van der Waals surface area contributed by atoms with Crippen molar-refractivity contribution < 1.29 is 17.9 Å². The van der Waals surface area contributed by atoms with E-state index in [0.717, 1.165) is 22.2 Å². The van der Waals surface area contributed by atoms with E-state index in [9.17, 15) is 13.2 Å². The van der Waals surface area contributed by atoms with Crippen LogP contribution in [0.15, 0.2) is 40.9 Å². The highest BCUT2D eigenvalue weighted by molar-refractivity contribution is 9.10. The lowest BCUT2D eigenvalue weighted by Gasteiger charge is -2.10. The van der Waals surface area contributed by atoms with E-state index in [2.05, 4.69) is 26.0 Å². The molecule has 0 aliphatic rings. The summed E-state index contributed by atoms with van der Waals surface area (Å²) < 4.78 is 42.4. The lowest BCUT2D eigenvalue weighted by Crippen LogP contribution is -2.05. The highest BCUT2D eigenvalue weighted by Crippen LogP contribution is 2.25. The number of rotatable bonds is 5. The predicted octanol–water partition coefficient (Wildman–Crippen LogP) is 5.46. The van der Waals surface area contributed by atoms with Gasteiger partial charge in [0, 0.05) is 22.8 Å². The van der Waals surface area contributed by atoms with Crippen LogP contribution in [0, 0.1) is 5.82 Å². The molecule has 0 heterocycles. The molecule has 0 unspecified atom stereocenters. The molecular weight excluding hydrogens is 371 g/mol. The molecule has 2 rings (SSSR count). The van der Waals surface area contributed by atoms with Gasteiger partial charge in [-0.1, -0.05) is 17.7 Å². The van der Waals surface area contributed by atoms with Gasteiger partial charge in [0.2, 0.25) is 0 Å². The summed E-state index contributed by atoms with van der Waals surface area (Å²) in [5.41, 5.74) is 1.35. The number of hydrogen-bond donors (Lipinski definition) is 1. The minimum atomic E-state index is -3.05. The van der Waals surface area contributed by atoms with Crippen LogP contribution < -0.4 is 10.1 Å². The van der Waals surface area contributed by atoms with E-state index in [0.29, 0.717) is 17.3 Å². The molecule has 0 aliphatic heterocycles. The van der Waals surface area contributed by atoms with Crippen molar-refractivity contribution >= 4 is 33.2 Å². The van der Waals surface area contributed by atoms with Gasteiger partial charge in [0.15, 0.2) is 11.6 Å². The third kappa shape index (κ3) is 4.54. The van der Waals surface area contributed by atoms with Crippen LogP contribution in [-0.2, 0) is 6.54 Å². The number of alkyl halides is 2. The van der Waals surface area contributed by atoms with Gasteiger partial charge in [0.25, 0.3) is 0 Å². The zero-order valence-corrected chi connectivity index (χ0v) is 12.9. The standard InChI is InChI=1S/C14H10BrClF3NO/c15-10-3-1-8(5-11(10)16)7-20-9-2-4-13(12(17)6-9)21-14(18)19/h1-6,14,20H,7H2. The van der Waals surface area contributed by atoms with E-state index in [1.54, 1.807) is 12.1 Å². The molecule has 112 valence electrons. The molecule has 0 saturated carbocycles. The van der Waals surface area contributed by atoms with Gasteiger partial charge in [0.1, 0.15) is 0 Å². The fraction of sp³-hybridized carbons (Fsp3) is 0.143. The summed E-state index contributed by atoms with van der Waals surface area (Å²) in [6.45, 7) is -2.63. The molecule has 0 bridgehead atoms. The van der Waals surface area contributed by atoms with Crippen molar-refractivity contribution in [2.45, 2.75) is 13.2 Å². The van der Waals surface area contributed by atoms with Gasteiger partial charge in [-0.3, -0.25) is 0 Å². The number of hydrogen-bond acceptors (Lipinski definition) is 2. The van der Waals surface area contributed by atoms with E-state index in [1.165, 1.54) is 6.07 Å². The van der Waals surface area contributed by atoms with Crippen LogP contribution in [0.25, 0.3) is 0 Å². The summed E-state index contributed by atoms with van der Waals surface area (Å²) in [6.07, 6.45) is 0. The van der Waals surface area contributed by atoms with Crippen LogP contribution in [0.1, 0.15) is 5.56 Å². The molecule has 0 fully saturated rings. The molecule has 21 heavy (non-hydrogen) atoms. The van der Waals surface area contributed by atoms with Crippen LogP contribution in [0.4, 0.5) is 18.9 Å². The van der Waals surface area contributed by atoms with E-state index in [4.69, 9.17) is 11.6 Å². The average Bonchev–Trinajstić information content (AvgIpc) is 2.42. The molecule has 0 aliphatic carbocycles. The Labute approximate surface area is 133 Å². The molecule has 7 heteroatoms. The van der Waals surface area contributed by atoms with Crippen LogP contribution in [0.5, 0.6) is 5.75 Å². The molecule has 0 saturated heterocycles. The molecule has 0 radical (unpaired) electrons. The largest absolute Gasteiger partial charge is 0.432 e. The number of ether oxygens (including phenoxy) is 1. The first-order valence-electron chi connectivity index (χ1n) is 5.88. The normalized spacial score (nSPS) is 10.8. The van der Waals surface area contributed by atoms with E-state index < -0.39 is 18.2 Å². The number of benzene rings is 2. The first-order chi connectivity index (χ1) is 9.95. The van der Waals surface area contributed by atoms with Gasteiger partial charge in [0.05, 0.1) is 5.02 Å². The van der Waals surface area contributed by atoms with Crippen molar-refractivity contribution in [1.29, 1.82) is 0 Å². The minimum Gasteiger partial charge on any atom is -0.432 e. The van der Waals surface area contributed by atoms with Gasteiger partial charge in [-0.05, 0) is 45.8 Å². The van der Waals surface area contributed by atoms with E-state index in [-0.39, 0.29) is 0 Å². The van der Waals surface area contributed by atoms with Crippen molar-refractivity contribution in [2.24, 2.45) is 0 Å². The smallest absolute Gasteiger partial charge is 0.387 e. The van der Waals surface area contributed by atoms with Gasteiger partial charge in [-0.25, -0.2) is 4.39 Å². The average molecular weight is 381 g/mol. The molecule has 1 N–H and O–H groups in total. The monoisotopic (exact) mass is 379 g/mol. The Bertz CT molecular complexity index is 640. The van der Waals surface area contributed by atoms with E-state index >= 15 is 0 Å². The van der Waals surface area contributed by atoms with Gasteiger partial charge in [-0.2, -0.15) is 8.78 Å². The number of halogens is 5. The SMILES string of the molecule is Fc1cc(NCc2ccc(Br)c(Cl)c2)ccc1OC(F)F. The van der Waals surface area contributed by atoms with Crippen LogP contribution in [0.2, 0.25) is 5.02 Å². The lowest BCUT2D eigenvalue weighted by molar-refractivity contribution is -0.0521. The predicted molar refractivity (Wildman–Crippen MR) is 79.5 cm³/mol. The summed E-state index contributed by atoms with van der Waals surface area (Å²) in [7, 11) is 0. The van der Waals surface area contributed by atoms with Crippen molar-refractivity contribution in [2.75, 3.05) is 5.32 Å².